The van der Waals surface area contributed by atoms with Crippen molar-refractivity contribution in [1.29, 1.82) is 0 Å². The third kappa shape index (κ3) is 3.72. The van der Waals surface area contributed by atoms with Crippen LogP contribution in [0.5, 0.6) is 5.75 Å². The molecule has 1 aliphatic rings. The summed E-state index contributed by atoms with van der Waals surface area (Å²) in [6.45, 7) is 6.15. The normalized spacial score (nSPS) is 23.4. The van der Waals surface area contributed by atoms with Crippen molar-refractivity contribution in [3.63, 3.8) is 0 Å². The Kier molecular flexibility index (Phi) is 5.42. The van der Waals surface area contributed by atoms with Crippen molar-refractivity contribution in [3.05, 3.63) is 29.8 Å². The number of carbonyl (C=O) groups is 2. The van der Waals surface area contributed by atoms with Crippen molar-refractivity contribution in [2.45, 2.75) is 33.2 Å². The first-order valence-corrected chi connectivity index (χ1v) is 7.97. The predicted molar refractivity (Wildman–Crippen MR) is 87.4 cm³/mol. The van der Waals surface area contributed by atoms with Crippen LogP contribution in [0.1, 0.15) is 26.3 Å². The van der Waals surface area contributed by atoms with Crippen molar-refractivity contribution >= 4 is 11.8 Å². The van der Waals surface area contributed by atoms with Gasteiger partial charge in [-0.2, -0.15) is 0 Å². The fourth-order valence-corrected chi connectivity index (χ4v) is 2.99. The summed E-state index contributed by atoms with van der Waals surface area (Å²) in [6.07, 6.45) is 0.721. The van der Waals surface area contributed by atoms with E-state index in [2.05, 4.69) is 5.32 Å². The Morgan fingerprint density at radius 3 is 2.52 bits per heavy atom. The fraction of sp³-hybridized carbons (Fsp3) is 0.556. The van der Waals surface area contributed by atoms with Gasteiger partial charge >= 0.3 is 5.97 Å². The molecule has 0 radical (unpaired) electrons. The van der Waals surface area contributed by atoms with E-state index in [9.17, 15) is 9.59 Å². The van der Waals surface area contributed by atoms with Gasteiger partial charge in [-0.1, -0.05) is 26.0 Å². The van der Waals surface area contributed by atoms with Crippen LogP contribution in [0, 0.1) is 11.3 Å². The Bertz CT molecular complexity index is 565. The van der Waals surface area contributed by atoms with Crippen molar-refractivity contribution in [2.75, 3.05) is 20.3 Å². The van der Waals surface area contributed by atoms with E-state index in [0.717, 1.165) is 17.7 Å². The van der Waals surface area contributed by atoms with Crippen molar-refractivity contribution in [3.8, 4) is 5.75 Å². The van der Waals surface area contributed by atoms with Crippen LogP contribution in [-0.2, 0) is 20.7 Å². The fourth-order valence-electron chi connectivity index (χ4n) is 2.99. The largest absolute Gasteiger partial charge is 0.497 e. The molecule has 23 heavy (non-hydrogen) atoms. The Balaban J connectivity index is 2.09. The van der Waals surface area contributed by atoms with E-state index in [4.69, 9.17) is 9.47 Å². The molecule has 1 N–H and O–H groups in total. The molecule has 2 rings (SSSR count). The molecule has 126 valence electrons. The van der Waals surface area contributed by atoms with Crippen LogP contribution in [0.2, 0.25) is 0 Å². The molecule has 0 aliphatic carbocycles. The highest BCUT2D eigenvalue weighted by Gasteiger charge is 2.47. The number of carbonyl (C=O) groups excluding carboxylic acids is 2. The second kappa shape index (κ2) is 7.13. The number of nitrogens with one attached hydrogen (secondary N) is 1. The molecule has 1 saturated heterocycles. The maximum Gasteiger partial charge on any atom is 0.317 e. The molecule has 2 atom stereocenters. The molecule has 0 amide bonds. The van der Waals surface area contributed by atoms with Gasteiger partial charge in [0.15, 0.2) is 5.78 Å². The zero-order valence-corrected chi connectivity index (χ0v) is 14.2. The third-order valence-corrected chi connectivity index (χ3v) is 4.56. The second-order valence-electron chi connectivity index (χ2n) is 6.40. The summed E-state index contributed by atoms with van der Waals surface area (Å²) in [5.41, 5.74) is 0.494. The van der Waals surface area contributed by atoms with Crippen LogP contribution in [0.15, 0.2) is 24.3 Å². The lowest BCUT2D eigenvalue weighted by Crippen LogP contribution is -2.59. The average molecular weight is 319 g/mol. The molecule has 0 bridgehead atoms. The Hall–Kier alpha value is -1.88. The minimum absolute atomic E-state index is 0.0194. The summed E-state index contributed by atoms with van der Waals surface area (Å²) >= 11 is 0. The number of esters is 1. The number of rotatable bonds is 5. The number of benzene rings is 1. The number of methoxy groups -OCH3 is 1. The predicted octanol–water partition coefficient (Wildman–Crippen LogP) is 1.98. The zero-order chi connectivity index (χ0) is 17.0. The van der Waals surface area contributed by atoms with Crippen molar-refractivity contribution < 1.29 is 19.1 Å². The number of hydrogen-bond donors (Lipinski definition) is 1. The first-order valence-electron chi connectivity index (χ1n) is 7.97. The molecular formula is C18H25NO4. The average Bonchev–Trinajstić information content (AvgIpc) is 2.53. The van der Waals surface area contributed by atoms with E-state index in [1.54, 1.807) is 14.0 Å². The Morgan fingerprint density at radius 2 is 1.96 bits per heavy atom. The minimum atomic E-state index is -0.711. The highest BCUT2D eigenvalue weighted by molar-refractivity contribution is 6.03. The van der Waals surface area contributed by atoms with Crippen LogP contribution in [-0.4, -0.2) is 38.1 Å². The monoisotopic (exact) mass is 319 g/mol. The standard InChI is InChI=1S/C18H25NO4/c1-5-23-17(21)14-11-19-15(18(2,3)16(14)20)10-12-6-8-13(22-4)9-7-12/h6-9,14-15,19H,5,10-11H2,1-4H3/t14-,15+/m1/s1. The smallest absolute Gasteiger partial charge is 0.317 e. The molecule has 1 fully saturated rings. The van der Waals surface area contributed by atoms with Gasteiger partial charge in [0, 0.05) is 18.0 Å². The molecule has 1 heterocycles. The van der Waals surface area contributed by atoms with Gasteiger partial charge in [0.2, 0.25) is 0 Å². The topological polar surface area (TPSA) is 64.6 Å². The van der Waals surface area contributed by atoms with Crippen molar-refractivity contribution in [1.82, 2.24) is 5.32 Å². The summed E-state index contributed by atoms with van der Waals surface area (Å²) < 4.78 is 10.2. The van der Waals surface area contributed by atoms with Gasteiger partial charge in [-0.05, 0) is 31.0 Å². The number of Topliss-reactive ketones (excluding diaryl/α,β-unsaturated/α-hetero) is 1. The lowest BCUT2D eigenvalue weighted by Gasteiger charge is -2.41. The van der Waals surface area contributed by atoms with Crippen LogP contribution in [0.25, 0.3) is 0 Å². The second-order valence-corrected chi connectivity index (χ2v) is 6.40. The number of hydrogen-bond acceptors (Lipinski definition) is 5. The van der Waals surface area contributed by atoms with Gasteiger partial charge in [0.1, 0.15) is 11.7 Å². The van der Waals surface area contributed by atoms with Crippen LogP contribution in [0.4, 0.5) is 0 Å². The minimum Gasteiger partial charge on any atom is -0.497 e. The first-order chi connectivity index (χ1) is 10.9. The van der Waals surface area contributed by atoms with Gasteiger partial charge in [-0.3, -0.25) is 9.59 Å². The van der Waals surface area contributed by atoms with E-state index in [1.807, 2.05) is 38.1 Å². The SMILES string of the molecule is CCOC(=O)[C@@H]1CN[C@@H](Cc2ccc(OC)cc2)C(C)(C)C1=O. The molecule has 0 saturated carbocycles. The number of piperidine rings is 1. The van der Waals surface area contributed by atoms with Gasteiger partial charge in [0.05, 0.1) is 13.7 Å². The van der Waals surface area contributed by atoms with Crippen LogP contribution < -0.4 is 10.1 Å². The Labute approximate surface area is 137 Å². The lowest BCUT2D eigenvalue weighted by molar-refractivity contribution is -0.156. The summed E-state index contributed by atoms with van der Waals surface area (Å²) in [6, 6.07) is 7.80. The molecule has 1 aromatic carbocycles. The van der Waals surface area contributed by atoms with Crippen LogP contribution in [0.3, 0.4) is 0 Å². The van der Waals surface area contributed by atoms with E-state index in [1.165, 1.54) is 0 Å². The van der Waals surface area contributed by atoms with E-state index >= 15 is 0 Å². The number of ketones is 1. The maximum atomic E-state index is 12.7. The van der Waals surface area contributed by atoms with Crippen LogP contribution >= 0.6 is 0 Å². The zero-order valence-electron chi connectivity index (χ0n) is 14.2. The van der Waals surface area contributed by atoms with Gasteiger partial charge in [-0.15, -0.1) is 0 Å². The summed E-state index contributed by atoms with van der Waals surface area (Å²) in [7, 11) is 1.63. The molecule has 1 aliphatic heterocycles. The van der Waals surface area contributed by atoms with Gasteiger partial charge in [0.25, 0.3) is 0 Å². The highest BCUT2D eigenvalue weighted by atomic mass is 16.5. The lowest BCUT2D eigenvalue weighted by atomic mass is 9.70. The van der Waals surface area contributed by atoms with Crippen molar-refractivity contribution in [2.24, 2.45) is 11.3 Å². The quantitative estimate of drug-likeness (QED) is 0.664. The first kappa shape index (κ1) is 17.5. The molecular weight excluding hydrogens is 294 g/mol. The third-order valence-electron chi connectivity index (χ3n) is 4.56. The summed E-state index contributed by atoms with van der Waals surface area (Å²) in [4.78, 5) is 24.6. The molecule has 1 aromatic rings. The van der Waals surface area contributed by atoms with E-state index < -0.39 is 17.3 Å². The maximum absolute atomic E-state index is 12.7. The Morgan fingerprint density at radius 1 is 1.30 bits per heavy atom. The van der Waals surface area contributed by atoms with E-state index in [-0.39, 0.29) is 18.4 Å². The molecule has 0 aromatic heterocycles. The number of ether oxygens (including phenoxy) is 2. The molecule has 0 unspecified atom stereocenters. The molecule has 5 nitrogen and oxygen atoms in total. The van der Waals surface area contributed by atoms with Gasteiger partial charge < -0.3 is 14.8 Å². The van der Waals surface area contributed by atoms with E-state index in [0.29, 0.717) is 6.54 Å². The molecule has 5 heteroatoms. The summed E-state index contributed by atoms with van der Waals surface area (Å²) in [5.74, 6) is -0.380. The van der Waals surface area contributed by atoms with Gasteiger partial charge in [-0.25, -0.2) is 0 Å². The summed E-state index contributed by atoms with van der Waals surface area (Å²) in [5, 5.41) is 3.35. The molecule has 0 spiro atoms. The highest BCUT2D eigenvalue weighted by Crippen LogP contribution is 2.32.